The molecule has 2 fully saturated rings. The Morgan fingerprint density at radius 2 is 1.48 bits per heavy atom. The number of nitrogens with zero attached hydrogens (tertiary/aromatic N) is 2. The van der Waals surface area contributed by atoms with Gasteiger partial charge in [-0.3, -0.25) is 9.69 Å². The topological polar surface area (TPSA) is 75.9 Å². The standard InChI is InChI=1S/C26H25N3O3.ClH/c27-17-19-11-13-20(14-12-19)24(30)28-15-16-29-23(18-28)26(32-25(29)31,21-7-3-1-4-8-21)22-9-5-2-6-10-22;/h1-14,23H,15-18,27H2;1H. The molecule has 3 aromatic carbocycles. The van der Waals surface area contributed by atoms with Crippen molar-refractivity contribution >= 4 is 24.4 Å². The predicted octanol–water partition coefficient (Wildman–Crippen LogP) is 3.79. The van der Waals surface area contributed by atoms with Gasteiger partial charge in [0.1, 0.15) is 6.04 Å². The highest BCUT2D eigenvalue weighted by molar-refractivity contribution is 5.94. The molecule has 0 saturated carbocycles. The summed E-state index contributed by atoms with van der Waals surface area (Å²) in [6.07, 6.45) is -0.345. The van der Waals surface area contributed by atoms with E-state index in [1.807, 2.05) is 89.8 Å². The van der Waals surface area contributed by atoms with Crippen LogP contribution in [0.2, 0.25) is 0 Å². The van der Waals surface area contributed by atoms with Gasteiger partial charge >= 0.3 is 6.09 Å². The maximum absolute atomic E-state index is 13.3. The molecular formula is C26H26ClN3O3. The van der Waals surface area contributed by atoms with Crippen LogP contribution >= 0.6 is 12.4 Å². The molecule has 2 aliphatic heterocycles. The van der Waals surface area contributed by atoms with Gasteiger partial charge in [0.15, 0.2) is 5.60 Å². The highest BCUT2D eigenvalue weighted by Crippen LogP contribution is 2.45. The fourth-order valence-corrected chi connectivity index (χ4v) is 4.81. The Balaban J connectivity index is 0.00000259. The lowest BCUT2D eigenvalue weighted by molar-refractivity contribution is 0.0372. The van der Waals surface area contributed by atoms with Crippen LogP contribution in [0.1, 0.15) is 27.0 Å². The molecule has 33 heavy (non-hydrogen) atoms. The summed E-state index contributed by atoms with van der Waals surface area (Å²) < 4.78 is 6.17. The molecule has 0 spiro atoms. The smallest absolute Gasteiger partial charge is 0.411 e. The van der Waals surface area contributed by atoms with E-state index >= 15 is 0 Å². The van der Waals surface area contributed by atoms with Gasteiger partial charge in [0.25, 0.3) is 5.91 Å². The summed E-state index contributed by atoms with van der Waals surface area (Å²) in [5.41, 5.74) is 8.09. The molecule has 0 bridgehead atoms. The van der Waals surface area contributed by atoms with Crippen molar-refractivity contribution in [3.05, 3.63) is 107 Å². The molecule has 2 heterocycles. The number of ether oxygens (including phenoxy) is 1. The summed E-state index contributed by atoms with van der Waals surface area (Å²) >= 11 is 0. The zero-order valence-electron chi connectivity index (χ0n) is 18.1. The summed E-state index contributed by atoms with van der Waals surface area (Å²) in [5.74, 6) is -0.0532. The van der Waals surface area contributed by atoms with E-state index in [1.54, 1.807) is 4.90 Å². The van der Waals surface area contributed by atoms with Crippen molar-refractivity contribution in [1.29, 1.82) is 0 Å². The van der Waals surface area contributed by atoms with Gasteiger partial charge in [0, 0.05) is 42.9 Å². The van der Waals surface area contributed by atoms with Gasteiger partial charge < -0.3 is 15.4 Å². The molecule has 0 radical (unpaired) electrons. The van der Waals surface area contributed by atoms with Crippen molar-refractivity contribution in [3.8, 4) is 0 Å². The number of carbonyl (C=O) groups excluding carboxylic acids is 2. The number of fused-ring (bicyclic) bond motifs is 1. The van der Waals surface area contributed by atoms with Crippen molar-refractivity contribution in [2.24, 2.45) is 5.73 Å². The number of nitrogens with two attached hydrogens (primary N) is 1. The third-order valence-corrected chi connectivity index (χ3v) is 6.46. The first-order valence-corrected chi connectivity index (χ1v) is 10.8. The maximum Gasteiger partial charge on any atom is 0.411 e. The molecule has 2 aliphatic rings. The highest BCUT2D eigenvalue weighted by Gasteiger charge is 2.58. The Morgan fingerprint density at radius 1 is 0.909 bits per heavy atom. The Labute approximate surface area is 199 Å². The average Bonchev–Trinajstić information content (AvgIpc) is 3.17. The second-order valence-electron chi connectivity index (χ2n) is 8.20. The zero-order chi connectivity index (χ0) is 22.1. The van der Waals surface area contributed by atoms with Gasteiger partial charge in [0.2, 0.25) is 0 Å². The minimum Gasteiger partial charge on any atom is -0.431 e. The molecule has 0 aromatic heterocycles. The van der Waals surface area contributed by atoms with Crippen molar-refractivity contribution in [3.63, 3.8) is 0 Å². The number of benzene rings is 3. The number of halogens is 1. The minimum atomic E-state index is -0.984. The number of carbonyl (C=O) groups is 2. The number of cyclic esters (lactones) is 1. The average molecular weight is 464 g/mol. The first-order valence-electron chi connectivity index (χ1n) is 10.8. The molecule has 2 saturated heterocycles. The van der Waals surface area contributed by atoms with Crippen molar-refractivity contribution in [2.45, 2.75) is 18.2 Å². The molecule has 1 unspecified atom stereocenters. The van der Waals surface area contributed by atoms with Crippen molar-refractivity contribution in [1.82, 2.24) is 9.80 Å². The van der Waals surface area contributed by atoms with Gasteiger partial charge in [-0.15, -0.1) is 12.4 Å². The zero-order valence-corrected chi connectivity index (χ0v) is 18.9. The fraction of sp³-hybridized carbons (Fsp3) is 0.231. The van der Waals surface area contributed by atoms with E-state index < -0.39 is 5.60 Å². The molecule has 1 atom stereocenters. The van der Waals surface area contributed by atoms with Gasteiger partial charge in [-0.2, -0.15) is 0 Å². The van der Waals surface area contributed by atoms with Crippen LogP contribution in [0.15, 0.2) is 84.9 Å². The maximum atomic E-state index is 13.3. The monoisotopic (exact) mass is 463 g/mol. The lowest BCUT2D eigenvalue weighted by Crippen LogP contribution is -2.58. The first-order chi connectivity index (χ1) is 15.6. The Bertz CT molecular complexity index is 1080. The van der Waals surface area contributed by atoms with Crippen LogP contribution in [-0.2, 0) is 16.9 Å². The van der Waals surface area contributed by atoms with Crippen LogP contribution in [0.3, 0.4) is 0 Å². The summed E-state index contributed by atoms with van der Waals surface area (Å²) in [4.78, 5) is 29.9. The van der Waals surface area contributed by atoms with Gasteiger partial charge in [0.05, 0.1) is 0 Å². The van der Waals surface area contributed by atoms with E-state index in [2.05, 4.69) is 0 Å². The minimum absolute atomic E-state index is 0. The van der Waals surface area contributed by atoms with Gasteiger partial charge in [-0.1, -0.05) is 72.8 Å². The highest BCUT2D eigenvalue weighted by atomic mass is 35.5. The first kappa shape index (κ1) is 22.8. The van der Waals surface area contributed by atoms with Crippen LogP contribution in [0.4, 0.5) is 4.79 Å². The number of rotatable bonds is 4. The molecule has 2 amide bonds. The molecule has 5 rings (SSSR count). The number of piperazine rings is 1. The summed E-state index contributed by atoms with van der Waals surface area (Å²) in [6, 6.07) is 26.7. The predicted molar refractivity (Wildman–Crippen MR) is 128 cm³/mol. The van der Waals surface area contributed by atoms with E-state index in [0.717, 1.165) is 16.7 Å². The molecule has 3 aromatic rings. The normalized spacial score (nSPS) is 18.8. The Hall–Kier alpha value is -3.35. The summed E-state index contributed by atoms with van der Waals surface area (Å²) in [6.45, 7) is 1.71. The molecular weight excluding hydrogens is 438 g/mol. The Morgan fingerprint density at radius 3 is 2.03 bits per heavy atom. The van der Waals surface area contributed by atoms with Crippen LogP contribution in [0.25, 0.3) is 0 Å². The largest absolute Gasteiger partial charge is 0.431 e. The third-order valence-electron chi connectivity index (χ3n) is 6.46. The fourth-order valence-electron chi connectivity index (χ4n) is 4.81. The summed E-state index contributed by atoms with van der Waals surface area (Å²) in [5, 5.41) is 0. The molecule has 7 heteroatoms. The summed E-state index contributed by atoms with van der Waals surface area (Å²) in [7, 11) is 0. The van der Waals surface area contributed by atoms with Crippen LogP contribution < -0.4 is 5.73 Å². The van der Waals surface area contributed by atoms with E-state index in [0.29, 0.717) is 31.7 Å². The molecule has 6 nitrogen and oxygen atoms in total. The number of hydrogen-bond donors (Lipinski definition) is 1. The lowest BCUT2D eigenvalue weighted by Gasteiger charge is -2.42. The quantitative estimate of drug-likeness (QED) is 0.638. The van der Waals surface area contributed by atoms with E-state index in [4.69, 9.17) is 10.5 Å². The number of hydrogen-bond acceptors (Lipinski definition) is 4. The second kappa shape index (κ2) is 9.25. The van der Waals surface area contributed by atoms with Gasteiger partial charge in [-0.25, -0.2) is 4.79 Å². The Kier molecular flexibility index (Phi) is 6.40. The number of amides is 2. The molecule has 2 N–H and O–H groups in total. The SMILES string of the molecule is Cl.NCc1ccc(C(=O)N2CCN3C(=O)OC(c4ccccc4)(c4ccccc4)C3C2)cc1. The molecule has 0 aliphatic carbocycles. The van der Waals surface area contributed by atoms with Crippen molar-refractivity contribution < 1.29 is 14.3 Å². The van der Waals surface area contributed by atoms with E-state index in [1.165, 1.54) is 0 Å². The van der Waals surface area contributed by atoms with Crippen LogP contribution in [0, 0.1) is 0 Å². The molecule has 170 valence electrons. The van der Waals surface area contributed by atoms with Crippen LogP contribution in [-0.4, -0.2) is 47.5 Å². The van der Waals surface area contributed by atoms with Crippen molar-refractivity contribution in [2.75, 3.05) is 19.6 Å². The lowest BCUT2D eigenvalue weighted by atomic mass is 9.79. The second-order valence-corrected chi connectivity index (χ2v) is 8.20. The van der Waals surface area contributed by atoms with Crippen LogP contribution in [0.5, 0.6) is 0 Å². The van der Waals surface area contributed by atoms with E-state index in [9.17, 15) is 9.59 Å². The van der Waals surface area contributed by atoms with Gasteiger partial charge in [-0.05, 0) is 17.7 Å². The van der Waals surface area contributed by atoms with E-state index in [-0.39, 0.29) is 30.4 Å². The third kappa shape index (κ3) is 3.86.